The van der Waals surface area contributed by atoms with Crippen molar-refractivity contribution in [2.75, 3.05) is 12.3 Å². The minimum Gasteiger partial charge on any atom is -0.399 e. The maximum Gasteiger partial charge on any atom is 0.253 e. The van der Waals surface area contributed by atoms with E-state index in [-0.39, 0.29) is 12.0 Å². The number of carbonyl (C=O) groups is 1. The molecule has 0 spiro atoms. The largest absolute Gasteiger partial charge is 0.399 e. The molecule has 1 saturated carbocycles. The van der Waals surface area contributed by atoms with E-state index in [0.717, 1.165) is 30.2 Å². The molecular formula is C15H19N3O2. The molecule has 2 atom stereocenters. The number of aromatic amines is 1. The van der Waals surface area contributed by atoms with E-state index in [2.05, 4.69) is 10.3 Å². The molecule has 2 unspecified atom stereocenters. The standard InChI is InChI=1S/C15H19N3O2/c16-10-2-4-14-12(6-10)13(8-17-14)15(20)18-7-9-1-3-11(19)5-9/h2,4,6,8-9,11,17,19H,1,3,5,7,16H2,(H,18,20). The monoisotopic (exact) mass is 273 g/mol. The van der Waals surface area contributed by atoms with Gasteiger partial charge in [0.15, 0.2) is 0 Å². The van der Waals surface area contributed by atoms with Crippen molar-refractivity contribution in [3.05, 3.63) is 30.0 Å². The molecule has 106 valence electrons. The first-order valence-electron chi connectivity index (χ1n) is 6.96. The van der Waals surface area contributed by atoms with Crippen molar-refractivity contribution < 1.29 is 9.90 Å². The number of hydrogen-bond acceptors (Lipinski definition) is 3. The van der Waals surface area contributed by atoms with Gasteiger partial charge in [-0.05, 0) is 43.4 Å². The summed E-state index contributed by atoms with van der Waals surface area (Å²) in [7, 11) is 0. The number of nitrogens with one attached hydrogen (secondary N) is 2. The number of amides is 1. The van der Waals surface area contributed by atoms with E-state index < -0.39 is 0 Å². The maximum atomic E-state index is 12.2. The Hall–Kier alpha value is -2.01. The van der Waals surface area contributed by atoms with E-state index in [1.807, 2.05) is 6.07 Å². The summed E-state index contributed by atoms with van der Waals surface area (Å²) in [6, 6.07) is 5.48. The minimum absolute atomic E-state index is 0.0942. The Bertz CT molecular complexity index is 635. The molecule has 1 aliphatic rings. The predicted molar refractivity (Wildman–Crippen MR) is 78.4 cm³/mol. The third-order valence-corrected chi connectivity index (χ3v) is 4.02. The Morgan fingerprint density at radius 3 is 3.05 bits per heavy atom. The Morgan fingerprint density at radius 2 is 2.30 bits per heavy atom. The van der Waals surface area contributed by atoms with Crippen LogP contribution >= 0.6 is 0 Å². The van der Waals surface area contributed by atoms with Crippen molar-refractivity contribution in [1.29, 1.82) is 0 Å². The number of anilines is 1. The highest BCUT2D eigenvalue weighted by atomic mass is 16.3. The Morgan fingerprint density at radius 1 is 1.45 bits per heavy atom. The van der Waals surface area contributed by atoms with Crippen LogP contribution < -0.4 is 11.1 Å². The Balaban J connectivity index is 1.71. The van der Waals surface area contributed by atoms with Crippen LogP contribution in [0.25, 0.3) is 10.9 Å². The SMILES string of the molecule is Nc1ccc2[nH]cc(C(=O)NCC3CCC(O)C3)c2c1. The minimum atomic E-state index is -0.204. The smallest absolute Gasteiger partial charge is 0.253 e. The highest BCUT2D eigenvalue weighted by Crippen LogP contribution is 2.25. The van der Waals surface area contributed by atoms with E-state index in [1.165, 1.54) is 0 Å². The fourth-order valence-corrected chi connectivity index (χ4v) is 2.89. The molecule has 0 radical (unpaired) electrons. The number of H-pyrrole nitrogens is 1. The molecule has 1 aromatic heterocycles. The van der Waals surface area contributed by atoms with Gasteiger partial charge in [-0.25, -0.2) is 0 Å². The van der Waals surface area contributed by atoms with Crippen molar-refractivity contribution in [1.82, 2.24) is 10.3 Å². The summed E-state index contributed by atoms with van der Waals surface area (Å²) in [5.41, 5.74) is 7.93. The average molecular weight is 273 g/mol. The van der Waals surface area contributed by atoms with Crippen LogP contribution in [-0.4, -0.2) is 28.6 Å². The molecule has 1 aromatic carbocycles. The predicted octanol–water partition coefficient (Wildman–Crippen LogP) is 1.64. The lowest BCUT2D eigenvalue weighted by Crippen LogP contribution is -2.28. The van der Waals surface area contributed by atoms with Crippen LogP contribution in [0.1, 0.15) is 29.6 Å². The normalized spacial score (nSPS) is 22.2. The van der Waals surface area contributed by atoms with Gasteiger partial charge in [0.1, 0.15) is 0 Å². The third-order valence-electron chi connectivity index (χ3n) is 4.02. The van der Waals surface area contributed by atoms with Gasteiger partial charge in [0.25, 0.3) is 5.91 Å². The summed E-state index contributed by atoms with van der Waals surface area (Å²) >= 11 is 0. The van der Waals surface area contributed by atoms with Gasteiger partial charge in [0.2, 0.25) is 0 Å². The van der Waals surface area contributed by atoms with Crippen LogP contribution in [-0.2, 0) is 0 Å². The molecule has 20 heavy (non-hydrogen) atoms. The number of aliphatic hydroxyl groups excluding tert-OH is 1. The van der Waals surface area contributed by atoms with E-state index in [1.54, 1.807) is 18.3 Å². The van der Waals surface area contributed by atoms with Gasteiger partial charge < -0.3 is 21.1 Å². The van der Waals surface area contributed by atoms with Gasteiger partial charge in [-0.1, -0.05) is 0 Å². The second-order valence-electron chi connectivity index (χ2n) is 5.55. The number of carbonyl (C=O) groups excluding carboxylic acids is 1. The average Bonchev–Trinajstić information content (AvgIpc) is 3.02. The lowest BCUT2D eigenvalue weighted by Gasteiger charge is -2.10. The highest BCUT2D eigenvalue weighted by Gasteiger charge is 2.23. The highest BCUT2D eigenvalue weighted by molar-refractivity contribution is 6.07. The molecule has 1 aliphatic carbocycles. The second kappa shape index (κ2) is 5.17. The summed E-state index contributed by atoms with van der Waals surface area (Å²) in [6.07, 6.45) is 4.10. The molecule has 5 heteroatoms. The van der Waals surface area contributed by atoms with Crippen molar-refractivity contribution in [3.8, 4) is 0 Å². The Labute approximate surface area is 117 Å². The van der Waals surface area contributed by atoms with Crippen molar-refractivity contribution in [2.45, 2.75) is 25.4 Å². The van der Waals surface area contributed by atoms with Crippen molar-refractivity contribution >= 4 is 22.5 Å². The molecule has 5 N–H and O–H groups in total. The lowest BCUT2D eigenvalue weighted by atomic mass is 10.1. The van der Waals surface area contributed by atoms with Crippen LogP contribution in [0, 0.1) is 5.92 Å². The number of hydrogen-bond donors (Lipinski definition) is 4. The Kier molecular flexibility index (Phi) is 3.36. The van der Waals surface area contributed by atoms with Gasteiger partial charge in [-0.15, -0.1) is 0 Å². The van der Waals surface area contributed by atoms with Crippen LogP contribution in [0.3, 0.4) is 0 Å². The summed E-state index contributed by atoms with van der Waals surface area (Å²) in [5, 5.41) is 13.3. The molecule has 1 amide bonds. The van der Waals surface area contributed by atoms with Crippen LogP contribution in [0.4, 0.5) is 5.69 Å². The number of aliphatic hydroxyl groups is 1. The zero-order valence-electron chi connectivity index (χ0n) is 11.2. The number of nitrogens with two attached hydrogens (primary N) is 1. The van der Waals surface area contributed by atoms with Crippen molar-refractivity contribution in [3.63, 3.8) is 0 Å². The summed E-state index contributed by atoms with van der Waals surface area (Å²) in [6.45, 7) is 0.616. The molecule has 3 rings (SSSR count). The quantitative estimate of drug-likeness (QED) is 0.641. The van der Waals surface area contributed by atoms with Crippen LogP contribution in [0.5, 0.6) is 0 Å². The molecule has 2 aromatic rings. The first-order valence-corrected chi connectivity index (χ1v) is 6.96. The number of benzene rings is 1. The van der Waals surface area contributed by atoms with E-state index in [4.69, 9.17) is 5.73 Å². The molecule has 5 nitrogen and oxygen atoms in total. The summed E-state index contributed by atoms with van der Waals surface area (Å²) in [4.78, 5) is 15.3. The van der Waals surface area contributed by atoms with Gasteiger partial charge in [0, 0.05) is 29.3 Å². The number of fused-ring (bicyclic) bond motifs is 1. The first-order chi connectivity index (χ1) is 9.63. The lowest BCUT2D eigenvalue weighted by molar-refractivity contribution is 0.0947. The number of aromatic nitrogens is 1. The summed E-state index contributed by atoms with van der Waals surface area (Å²) in [5.74, 6) is 0.285. The topological polar surface area (TPSA) is 91.1 Å². The zero-order valence-corrected chi connectivity index (χ0v) is 11.2. The molecule has 1 heterocycles. The van der Waals surface area contributed by atoms with Crippen molar-refractivity contribution in [2.24, 2.45) is 5.92 Å². The molecule has 0 bridgehead atoms. The van der Waals surface area contributed by atoms with E-state index in [0.29, 0.717) is 23.7 Å². The van der Waals surface area contributed by atoms with Gasteiger partial charge in [0.05, 0.1) is 11.7 Å². The zero-order chi connectivity index (χ0) is 14.1. The maximum absolute atomic E-state index is 12.2. The first kappa shape index (κ1) is 13.0. The second-order valence-corrected chi connectivity index (χ2v) is 5.55. The molecule has 1 fully saturated rings. The van der Waals surface area contributed by atoms with E-state index in [9.17, 15) is 9.90 Å². The fraction of sp³-hybridized carbons (Fsp3) is 0.400. The van der Waals surface area contributed by atoms with Crippen LogP contribution in [0.15, 0.2) is 24.4 Å². The molecule has 0 aliphatic heterocycles. The molecular weight excluding hydrogens is 254 g/mol. The number of nitrogen functional groups attached to an aromatic ring is 1. The van der Waals surface area contributed by atoms with Crippen LogP contribution in [0.2, 0.25) is 0 Å². The van der Waals surface area contributed by atoms with Gasteiger partial charge in [-0.3, -0.25) is 4.79 Å². The van der Waals surface area contributed by atoms with E-state index >= 15 is 0 Å². The molecule has 0 saturated heterocycles. The third kappa shape index (κ3) is 2.49. The van der Waals surface area contributed by atoms with Gasteiger partial charge in [-0.2, -0.15) is 0 Å². The number of rotatable bonds is 3. The van der Waals surface area contributed by atoms with Gasteiger partial charge >= 0.3 is 0 Å². The fourth-order valence-electron chi connectivity index (χ4n) is 2.89. The summed E-state index contributed by atoms with van der Waals surface area (Å²) < 4.78 is 0.